The fourth-order valence-electron chi connectivity index (χ4n) is 5.46. The number of ether oxygens (including phenoxy) is 1. The number of aliphatic imine (C=N–C) groups is 1. The van der Waals surface area contributed by atoms with Crippen molar-refractivity contribution in [2.45, 2.75) is 130 Å². The van der Waals surface area contributed by atoms with Gasteiger partial charge in [0.25, 0.3) is 0 Å². The van der Waals surface area contributed by atoms with Crippen LogP contribution >= 0.6 is 0 Å². The van der Waals surface area contributed by atoms with Crippen LogP contribution < -0.4 is 4.74 Å². The Morgan fingerprint density at radius 2 is 1.61 bits per heavy atom. The monoisotopic (exact) mass is 425 g/mol. The molecule has 31 heavy (non-hydrogen) atoms. The third-order valence-corrected chi connectivity index (χ3v) is 7.86. The fraction of sp³-hybridized carbons (Fsp3) is 0.759. The maximum absolute atomic E-state index is 6.56. The first-order chi connectivity index (χ1) is 14.9. The standard InChI is InChI=1S/C29H47NO/c1-6-22(2)31-28-24(21-30-26-19-17-25(18-20-26)29(3,4)5)15-12-16-27(28)23-13-10-8-7-9-11-14-23/h12,15-16,21-23,25-26H,6-11,13-14,17-20H2,1-5H3. The quantitative estimate of drug-likeness (QED) is 0.417. The van der Waals surface area contributed by atoms with Gasteiger partial charge in [0.15, 0.2) is 0 Å². The molecule has 0 saturated heterocycles. The first-order valence-corrected chi connectivity index (χ1v) is 13.2. The highest BCUT2D eigenvalue weighted by Crippen LogP contribution is 2.40. The van der Waals surface area contributed by atoms with Crippen LogP contribution in [0.4, 0.5) is 0 Å². The lowest BCUT2D eigenvalue weighted by Gasteiger charge is -2.35. The van der Waals surface area contributed by atoms with E-state index in [1.807, 2.05) is 0 Å². The maximum Gasteiger partial charge on any atom is 0.131 e. The molecule has 0 aliphatic heterocycles. The zero-order valence-corrected chi connectivity index (χ0v) is 21.0. The van der Waals surface area contributed by atoms with Gasteiger partial charge in [-0.05, 0) is 80.8 Å². The Kier molecular flexibility index (Phi) is 9.05. The summed E-state index contributed by atoms with van der Waals surface area (Å²) < 4.78 is 6.56. The van der Waals surface area contributed by atoms with Crippen molar-refractivity contribution in [1.29, 1.82) is 0 Å². The zero-order chi connectivity index (χ0) is 22.3. The minimum absolute atomic E-state index is 0.240. The second-order valence-corrected chi connectivity index (χ2v) is 11.3. The van der Waals surface area contributed by atoms with Gasteiger partial charge in [0.1, 0.15) is 5.75 Å². The normalized spacial score (nSPS) is 25.2. The Hall–Kier alpha value is -1.31. The highest BCUT2D eigenvalue weighted by molar-refractivity contribution is 5.84. The SMILES string of the molecule is CCC(C)Oc1c(C=NC2CCC(C(C)(C)C)CC2)cccc1C1CCCCCCC1. The third-order valence-electron chi connectivity index (χ3n) is 7.86. The molecule has 174 valence electrons. The van der Waals surface area contributed by atoms with Gasteiger partial charge in [-0.2, -0.15) is 0 Å². The van der Waals surface area contributed by atoms with Crippen LogP contribution in [-0.2, 0) is 0 Å². The second-order valence-electron chi connectivity index (χ2n) is 11.3. The molecule has 0 amide bonds. The van der Waals surface area contributed by atoms with Crippen molar-refractivity contribution in [2.75, 3.05) is 0 Å². The molecule has 0 radical (unpaired) electrons. The summed E-state index contributed by atoms with van der Waals surface area (Å²) in [5.74, 6) is 2.59. The summed E-state index contributed by atoms with van der Waals surface area (Å²) >= 11 is 0. The number of rotatable bonds is 6. The Labute approximate surface area is 192 Å². The van der Waals surface area contributed by atoms with Gasteiger partial charge in [-0.15, -0.1) is 0 Å². The van der Waals surface area contributed by atoms with Gasteiger partial charge in [0, 0.05) is 17.8 Å². The smallest absolute Gasteiger partial charge is 0.131 e. The molecule has 2 fully saturated rings. The van der Waals surface area contributed by atoms with E-state index in [0.717, 1.165) is 18.1 Å². The summed E-state index contributed by atoms with van der Waals surface area (Å²) in [6.07, 6.45) is 18.0. The molecule has 1 aromatic rings. The van der Waals surface area contributed by atoms with E-state index in [1.165, 1.54) is 81.8 Å². The molecule has 0 heterocycles. The lowest BCUT2D eigenvalue weighted by molar-refractivity contribution is 0.170. The minimum Gasteiger partial charge on any atom is -0.490 e. The summed E-state index contributed by atoms with van der Waals surface area (Å²) in [7, 11) is 0. The lowest BCUT2D eigenvalue weighted by Crippen LogP contribution is -2.27. The molecule has 1 aromatic carbocycles. The molecule has 0 N–H and O–H groups in total. The Balaban J connectivity index is 1.78. The molecule has 0 spiro atoms. The molecule has 1 unspecified atom stereocenters. The van der Waals surface area contributed by atoms with E-state index in [-0.39, 0.29) is 6.10 Å². The van der Waals surface area contributed by atoms with Gasteiger partial charge in [0.05, 0.1) is 6.10 Å². The Bertz CT molecular complexity index is 685. The zero-order valence-electron chi connectivity index (χ0n) is 21.0. The van der Waals surface area contributed by atoms with Crippen LogP contribution in [0.15, 0.2) is 23.2 Å². The molecule has 2 heteroatoms. The summed E-state index contributed by atoms with van der Waals surface area (Å²) in [6.45, 7) is 11.6. The molecule has 2 saturated carbocycles. The summed E-state index contributed by atoms with van der Waals surface area (Å²) in [4.78, 5) is 5.08. The molecule has 0 bridgehead atoms. The van der Waals surface area contributed by atoms with Gasteiger partial charge in [-0.3, -0.25) is 4.99 Å². The highest BCUT2D eigenvalue weighted by Gasteiger charge is 2.29. The van der Waals surface area contributed by atoms with E-state index in [4.69, 9.17) is 9.73 Å². The van der Waals surface area contributed by atoms with E-state index in [0.29, 0.717) is 17.4 Å². The van der Waals surface area contributed by atoms with Crippen molar-refractivity contribution in [2.24, 2.45) is 16.3 Å². The molecule has 3 rings (SSSR count). The van der Waals surface area contributed by atoms with Crippen molar-refractivity contribution in [3.05, 3.63) is 29.3 Å². The molecule has 2 aliphatic rings. The van der Waals surface area contributed by atoms with E-state index in [1.54, 1.807) is 0 Å². The average Bonchev–Trinajstić information content (AvgIpc) is 2.72. The second kappa shape index (κ2) is 11.5. The lowest BCUT2D eigenvalue weighted by atomic mass is 9.71. The van der Waals surface area contributed by atoms with Crippen LogP contribution in [-0.4, -0.2) is 18.4 Å². The fourth-order valence-corrected chi connectivity index (χ4v) is 5.46. The van der Waals surface area contributed by atoms with Gasteiger partial charge < -0.3 is 4.74 Å². The molecule has 2 aliphatic carbocycles. The van der Waals surface area contributed by atoms with Crippen molar-refractivity contribution in [1.82, 2.24) is 0 Å². The van der Waals surface area contributed by atoms with Crippen molar-refractivity contribution in [3.8, 4) is 5.75 Å². The van der Waals surface area contributed by atoms with Crippen LogP contribution in [0.3, 0.4) is 0 Å². The Morgan fingerprint density at radius 3 is 2.23 bits per heavy atom. The highest BCUT2D eigenvalue weighted by atomic mass is 16.5. The Morgan fingerprint density at radius 1 is 0.968 bits per heavy atom. The molecule has 2 nitrogen and oxygen atoms in total. The predicted molar refractivity (Wildman–Crippen MR) is 135 cm³/mol. The first-order valence-electron chi connectivity index (χ1n) is 13.2. The predicted octanol–water partition coefficient (Wildman–Crippen LogP) is 8.72. The summed E-state index contributed by atoms with van der Waals surface area (Å²) in [5, 5.41) is 0. The number of hydrogen-bond acceptors (Lipinski definition) is 2. The van der Waals surface area contributed by atoms with Crippen LogP contribution in [0.1, 0.15) is 129 Å². The topological polar surface area (TPSA) is 21.6 Å². The van der Waals surface area contributed by atoms with Crippen LogP contribution in [0, 0.1) is 11.3 Å². The first kappa shape index (κ1) is 24.3. The largest absolute Gasteiger partial charge is 0.490 e. The summed E-state index contributed by atoms with van der Waals surface area (Å²) in [6, 6.07) is 7.25. The van der Waals surface area contributed by atoms with Crippen LogP contribution in [0.25, 0.3) is 0 Å². The van der Waals surface area contributed by atoms with Crippen LogP contribution in [0.2, 0.25) is 0 Å². The number of nitrogens with zero attached hydrogens (tertiary/aromatic N) is 1. The number of benzene rings is 1. The van der Waals surface area contributed by atoms with Gasteiger partial charge >= 0.3 is 0 Å². The van der Waals surface area contributed by atoms with E-state index >= 15 is 0 Å². The van der Waals surface area contributed by atoms with Crippen molar-refractivity contribution < 1.29 is 4.74 Å². The van der Waals surface area contributed by atoms with E-state index in [2.05, 4.69) is 59.0 Å². The van der Waals surface area contributed by atoms with Gasteiger partial charge in [-0.1, -0.05) is 71.9 Å². The van der Waals surface area contributed by atoms with Crippen molar-refractivity contribution >= 4 is 6.21 Å². The molecular weight excluding hydrogens is 378 g/mol. The third kappa shape index (κ3) is 7.09. The minimum atomic E-state index is 0.240. The van der Waals surface area contributed by atoms with Crippen molar-refractivity contribution in [3.63, 3.8) is 0 Å². The van der Waals surface area contributed by atoms with Crippen LogP contribution in [0.5, 0.6) is 5.75 Å². The summed E-state index contributed by atoms with van der Waals surface area (Å²) in [5.41, 5.74) is 3.05. The maximum atomic E-state index is 6.56. The molecular formula is C29H47NO. The van der Waals surface area contributed by atoms with E-state index in [9.17, 15) is 0 Å². The van der Waals surface area contributed by atoms with Gasteiger partial charge in [-0.25, -0.2) is 0 Å². The van der Waals surface area contributed by atoms with Gasteiger partial charge in [0.2, 0.25) is 0 Å². The molecule has 0 aromatic heterocycles. The van der Waals surface area contributed by atoms with E-state index < -0.39 is 0 Å². The number of para-hydroxylation sites is 1. The molecule has 1 atom stereocenters. The number of hydrogen-bond donors (Lipinski definition) is 0. The average molecular weight is 426 g/mol.